The van der Waals surface area contributed by atoms with Gasteiger partial charge in [-0.25, -0.2) is 0 Å². The van der Waals surface area contributed by atoms with Crippen LogP contribution in [0.15, 0.2) is 54.6 Å². The Balaban J connectivity index is 0.00000261. The molecule has 148 valence electrons. The van der Waals surface area contributed by atoms with Crippen LogP contribution in [0.4, 0.5) is 0 Å². The second kappa shape index (κ2) is 11.3. The van der Waals surface area contributed by atoms with Crippen LogP contribution >= 0.6 is 12.4 Å². The van der Waals surface area contributed by atoms with Gasteiger partial charge in [0, 0.05) is 12.6 Å². The Labute approximate surface area is 169 Å². The lowest BCUT2D eigenvalue weighted by Gasteiger charge is -2.19. The SMILES string of the molecule is CN1C[C@H](O)C[C@H]1CCOc1ccccc1CCCCc1ccccc1.Cl. The molecule has 0 saturated carbocycles. The summed E-state index contributed by atoms with van der Waals surface area (Å²) in [4.78, 5) is 2.24. The molecular formula is C23H32ClNO2. The Hall–Kier alpha value is -1.55. The van der Waals surface area contributed by atoms with E-state index in [1.807, 2.05) is 6.07 Å². The summed E-state index contributed by atoms with van der Waals surface area (Å²) in [6.45, 7) is 1.49. The van der Waals surface area contributed by atoms with Crippen molar-refractivity contribution in [1.82, 2.24) is 4.90 Å². The molecule has 0 aliphatic carbocycles. The average Bonchev–Trinajstić information content (AvgIpc) is 2.98. The van der Waals surface area contributed by atoms with Gasteiger partial charge in [0.15, 0.2) is 0 Å². The molecule has 0 radical (unpaired) electrons. The largest absolute Gasteiger partial charge is 0.493 e. The van der Waals surface area contributed by atoms with E-state index < -0.39 is 0 Å². The lowest BCUT2D eigenvalue weighted by molar-refractivity contribution is 0.182. The van der Waals surface area contributed by atoms with E-state index in [4.69, 9.17) is 4.74 Å². The van der Waals surface area contributed by atoms with Gasteiger partial charge in [-0.15, -0.1) is 12.4 Å². The van der Waals surface area contributed by atoms with Gasteiger partial charge in [-0.05, 0) is 62.8 Å². The molecule has 0 unspecified atom stereocenters. The summed E-state index contributed by atoms with van der Waals surface area (Å²) in [5.74, 6) is 1.02. The third kappa shape index (κ3) is 6.84. The van der Waals surface area contributed by atoms with Crippen LogP contribution in [0.3, 0.4) is 0 Å². The molecule has 0 spiro atoms. The second-order valence-corrected chi connectivity index (χ2v) is 7.42. The summed E-state index contributed by atoms with van der Waals surface area (Å²) in [5.41, 5.74) is 2.72. The summed E-state index contributed by atoms with van der Waals surface area (Å²) < 4.78 is 6.09. The second-order valence-electron chi connectivity index (χ2n) is 7.42. The zero-order valence-corrected chi connectivity index (χ0v) is 17.0. The van der Waals surface area contributed by atoms with E-state index in [0.717, 1.165) is 38.0 Å². The first kappa shape index (κ1) is 21.7. The molecule has 2 aromatic carbocycles. The van der Waals surface area contributed by atoms with Crippen molar-refractivity contribution in [2.24, 2.45) is 0 Å². The highest BCUT2D eigenvalue weighted by Gasteiger charge is 2.27. The number of benzene rings is 2. The summed E-state index contributed by atoms with van der Waals surface area (Å²) in [5, 5.41) is 9.75. The number of aryl methyl sites for hydroxylation is 2. The maximum absolute atomic E-state index is 9.75. The number of unbranched alkanes of at least 4 members (excludes halogenated alkanes) is 1. The smallest absolute Gasteiger partial charge is 0.122 e. The van der Waals surface area contributed by atoms with Crippen molar-refractivity contribution in [2.75, 3.05) is 20.2 Å². The fourth-order valence-corrected chi connectivity index (χ4v) is 3.83. The van der Waals surface area contributed by atoms with Crippen molar-refractivity contribution in [3.05, 3.63) is 65.7 Å². The Morgan fingerprint density at radius 1 is 1.00 bits per heavy atom. The predicted molar refractivity (Wildman–Crippen MR) is 114 cm³/mol. The molecule has 0 amide bonds. The van der Waals surface area contributed by atoms with Crippen molar-refractivity contribution in [2.45, 2.75) is 50.7 Å². The van der Waals surface area contributed by atoms with E-state index >= 15 is 0 Å². The first-order valence-electron chi connectivity index (χ1n) is 9.85. The van der Waals surface area contributed by atoms with Crippen molar-refractivity contribution in [3.8, 4) is 5.75 Å². The topological polar surface area (TPSA) is 32.7 Å². The summed E-state index contributed by atoms with van der Waals surface area (Å²) in [6, 6.07) is 19.5. The number of aliphatic hydroxyl groups excluding tert-OH is 1. The number of nitrogens with zero attached hydrogens (tertiary/aromatic N) is 1. The normalized spacial score (nSPS) is 19.6. The van der Waals surface area contributed by atoms with E-state index in [9.17, 15) is 5.11 Å². The fourth-order valence-electron chi connectivity index (χ4n) is 3.83. The molecule has 3 nitrogen and oxygen atoms in total. The van der Waals surface area contributed by atoms with Crippen LogP contribution in [0.1, 0.15) is 36.8 Å². The summed E-state index contributed by atoms with van der Waals surface area (Å²) in [7, 11) is 2.08. The molecule has 1 aliphatic heterocycles. The molecule has 0 bridgehead atoms. The van der Waals surface area contributed by atoms with Crippen LogP contribution < -0.4 is 4.74 Å². The minimum absolute atomic E-state index is 0. The average molecular weight is 390 g/mol. The Kier molecular flexibility index (Phi) is 9.12. The summed E-state index contributed by atoms with van der Waals surface area (Å²) in [6.07, 6.45) is 6.22. The van der Waals surface area contributed by atoms with Crippen LogP contribution in [0.25, 0.3) is 0 Å². The van der Waals surface area contributed by atoms with E-state index in [-0.39, 0.29) is 18.5 Å². The first-order chi connectivity index (χ1) is 12.7. The molecule has 3 rings (SSSR count). The Morgan fingerprint density at radius 2 is 1.70 bits per heavy atom. The predicted octanol–water partition coefficient (Wildman–Crippen LogP) is 4.51. The first-order valence-corrected chi connectivity index (χ1v) is 9.85. The highest BCUT2D eigenvalue weighted by atomic mass is 35.5. The highest BCUT2D eigenvalue weighted by Crippen LogP contribution is 2.23. The molecule has 0 aromatic heterocycles. The number of β-amino-alcohol motifs (C(OH)–C–C–N with tert-alkyl or cyclic N) is 1. The van der Waals surface area contributed by atoms with E-state index in [1.54, 1.807) is 0 Å². The number of hydrogen-bond donors (Lipinski definition) is 1. The van der Waals surface area contributed by atoms with Crippen molar-refractivity contribution < 1.29 is 9.84 Å². The van der Waals surface area contributed by atoms with Gasteiger partial charge in [-0.3, -0.25) is 0 Å². The van der Waals surface area contributed by atoms with Crippen LogP contribution in [0.5, 0.6) is 5.75 Å². The van der Waals surface area contributed by atoms with Crippen LogP contribution in [-0.2, 0) is 12.8 Å². The molecular weight excluding hydrogens is 358 g/mol. The third-order valence-electron chi connectivity index (χ3n) is 5.35. The van der Waals surface area contributed by atoms with Crippen molar-refractivity contribution >= 4 is 12.4 Å². The molecule has 1 saturated heterocycles. The minimum Gasteiger partial charge on any atom is -0.493 e. The van der Waals surface area contributed by atoms with Gasteiger partial charge >= 0.3 is 0 Å². The fraction of sp³-hybridized carbons (Fsp3) is 0.478. The lowest BCUT2D eigenvalue weighted by Crippen LogP contribution is -2.26. The standard InChI is InChI=1S/C23H31NO2.ClH/c1-24-18-22(25)17-21(24)15-16-26-23-14-8-7-13-20(23)12-6-5-11-19-9-3-2-4-10-19;/h2-4,7-10,13-14,21-22,25H,5-6,11-12,15-18H2,1H3;1H/t21-,22-;/m1./s1. The van der Waals surface area contributed by atoms with Crippen LogP contribution in [0.2, 0.25) is 0 Å². The lowest BCUT2D eigenvalue weighted by atomic mass is 10.0. The van der Waals surface area contributed by atoms with Crippen LogP contribution in [-0.4, -0.2) is 42.4 Å². The molecule has 1 fully saturated rings. The van der Waals surface area contributed by atoms with Gasteiger partial charge in [0.25, 0.3) is 0 Å². The molecule has 27 heavy (non-hydrogen) atoms. The number of rotatable bonds is 9. The zero-order valence-electron chi connectivity index (χ0n) is 16.2. The maximum atomic E-state index is 9.75. The third-order valence-corrected chi connectivity index (χ3v) is 5.35. The number of para-hydroxylation sites is 1. The van der Waals surface area contributed by atoms with Crippen molar-refractivity contribution in [3.63, 3.8) is 0 Å². The quantitative estimate of drug-likeness (QED) is 0.640. The maximum Gasteiger partial charge on any atom is 0.122 e. The molecule has 1 aliphatic rings. The monoisotopic (exact) mass is 389 g/mol. The highest BCUT2D eigenvalue weighted by molar-refractivity contribution is 5.85. The number of ether oxygens (including phenoxy) is 1. The van der Waals surface area contributed by atoms with Gasteiger partial charge in [-0.1, -0.05) is 48.5 Å². The molecule has 1 heterocycles. The van der Waals surface area contributed by atoms with Gasteiger partial charge in [-0.2, -0.15) is 0 Å². The van der Waals surface area contributed by atoms with Gasteiger partial charge in [0.1, 0.15) is 5.75 Å². The number of halogens is 1. The number of likely N-dealkylation sites (tertiary alicyclic amines) is 1. The van der Waals surface area contributed by atoms with Gasteiger partial charge in [0.05, 0.1) is 12.7 Å². The van der Waals surface area contributed by atoms with E-state index in [1.165, 1.54) is 24.0 Å². The Bertz CT molecular complexity index is 664. The molecule has 2 aromatic rings. The van der Waals surface area contributed by atoms with Gasteiger partial charge in [0.2, 0.25) is 0 Å². The van der Waals surface area contributed by atoms with E-state index in [2.05, 4.69) is 60.5 Å². The Morgan fingerprint density at radius 3 is 2.44 bits per heavy atom. The number of hydrogen-bond acceptors (Lipinski definition) is 3. The summed E-state index contributed by atoms with van der Waals surface area (Å²) >= 11 is 0. The van der Waals surface area contributed by atoms with Gasteiger partial charge < -0.3 is 14.7 Å². The van der Waals surface area contributed by atoms with E-state index in [0.29, 0.717) is 12.6 Å². The van der Waals surface area contributed by atoms with Crippen LogP contribution in [0, 0.1) is 0 Å². The minimum atomic E-state index is -0.179. The zero-order chi connectivity index (χ0) is 18.2. The molecule has 1 N–H and O–H groups in total. The number of likely N-dealkylation sites (N-methyl/N-ethyl adjacent to an activating group) is 1. The molecule has 2 atom stereocenters. The molecule has 4 heteroatoms. The van der Waals surface area contributed by atoms with Crippen molar-refractivity contribution in [1.29, 1.82) is 0 Å². The number of aliphatic hydroxyl groups is 1.